The van der Waals surface area contributed by atoms with Crippen LogP contribution in [0.25, 0.3) is 10.2 Å². The van der Waals surface area contributed by atoms with Gasteiger partial charge in [-0.3, -0.25) is 15.0 Å². The summed E-state index contributed by atoms with van der Waals surface area (Å²) in [5.74, 6) is -0.544. The second-order valence-electron chi connectivity index (χ2n) is 7.04. The molecule has 3 rings (SSSR count). The first kappa shape index (κ1) is 21.2. The summed E-state index contributed by atoms with van der Waals surface area (Å²) in [6, 6.07) is 4.53. The van der Waals surface area contributed by atoms with Crippen molar-refractivity contribution in [2.45, 2.75) is 44.4 Å². The number of guanidine groups is 1. The molecule has 0 bridgehead atoms. The Balaban J connectivity index is 1.60. The van der Waals surface area contributed by atoms with Crippen LogP contribution in [0.1, 0.15) is 41.0 Å². The zero-order valence-corrected chi connectivity index (χ0v) is 16.8. The summed E-state index contributed by atoms with van der Waals surface area (Å²) in [6.07, 6.45) is 2.82. The van der Waals surface area contributed by atoms with Crippen LogP contribution in [0.4, 0.5) is 0 Å². The van der Waals surface area contributed by atoms with Gasteiger partial charge in [-0.05, 0) is 49.9 Å². The number of benzene rings is 1. The number of carbonyl (C=O) groups is 2. The van der Waals surface area contributed by atoms with Gasteiger partial charge in [0, 0.05) is 6.54 Å². The van der Waals surface area contributed by atoms with Crippen LogP contribution in [-0.2, 0) is 11.4 Å². The van der Waals surface area contributed by atoms with E-state index in [2.05, 4.69) is 20.9 Å². The van der Waals surface area contributed by atoms with Crippen molar-refractivity contribution in [1.82, 2.24) is 20.9 Å². The summed E-state index contributed by atoms with van der Waals surface area (Å²) >= 11 is 1.25. The van der Waals surface area contributed by atoms with Gasteiger partial charge in [0.2, 0.25) is 11.7 Å². The van der Waals surface area contributed by atoms with Gasteiger partial charge in [0.05, 0.1) is 28.9 Å². The van der Waals surface area contributed by atoms with Gasteiger partial charge in [-0.1, -0.05) is 6.07 Å². The first-order valence-corrected chi connectivity index (χ1v) is 10.5. The summed E-state index contributed by atoms with van der Waals surface area (Å²) in [5.41, 5.74) is 6.90. The molecule has 1 unspecified atom stereocenters. The molecular formula is C19H26N6O3S. The predicted octanol–water partition coefficient (Wildman–Crippen LogP) is 0.471. The number of aliphatic hydroxyl groups is 1. The highest BCUT2D eigenvalue weighted by Crippen LogP contribution is 2.25. The molecule has 1 saturated heterocycles. The van der Waals surface area contributed by atoms with Crippen LogP contribution >= 0.6 is 11.3 Å². The number of aliphatic hydroxyl groups excluding tert-OH is 1. The molecule has 1 aromatic carbocycles. The quantitative estimate of drug-likeness (QED) is 0.150. The van der Waals surface area contributed by atoms with E-state index in [0.717, 1.165) is 29.6 Å². The van der Waals surface area contributed by atoms with Crippen molar-refractivity contribution >= 4 is 39.2 Å². The Bertz CT molecular complexity index is 893. The number of hydrogen-bond donors (Lipinski definition) is 6. The van der Waals surface area contributed by atoms with Crippen LogP contribution in [0, 0.1) is 5.41 Å². The molecule has 7 N–H and O–H groups in total. The molecule has 1 amide bonds. The van der Waals surface area contributed by atoms with E-state index in [4.69, 9.17) is 11.1 Å². The number of hydrogen-bond acceptors (Lipinski definition) is 7. The van der Waals surface area contributed by atoms with Gasteiger partial charge in [0.25, 0.3) is 0 Å². The predicted molar refractivity (Wildman–Crippen MR) is 112 cm³/mol. The minimum absolute atomic E-state index is 0.0178. The molecule has 0 radical (unpaired) electrons. The summed E-state index contributed by atoms with van der Waals surface area (Å²) in [4.78, 5) is 29.3. The van der Waals surface area contributed by atoms with Crippen LogP contribution in [0.5, 0.6) is 0 Å². The van der Waals surface area contributed by atoms with E-state index in [1.807, 2.05) is 6.07 Å². The van der Waals surface area contributed by atoms with E-state index >= 15 is 0 Å². The van der Waals surface area contributed by atoms with Crippen molar-refractivity contribution in [3.05, 3.63) is 28.8 Å². The molecule has 1 aliphatic rings. The average molecular weight is 419 g/mol. The summed E-state index contributed by atoms with van der Waals surface area (Å²) in [7, 11) is 0. The lowest BCUT2D eigenvalue weighted by Crippen LogP contribution is -2.45. The van der Waals surface area contributed by atoms with E-state index in [-0.39, 0.29) is 30.3 Å². The van der Waals surface area contributed by atoms with E-state index in [0.29, 0.717) is 29.9 Å². The fraction of sp³-hybridized carbons (Fsp3) is 0.474. The first-order chi connectivity index (χ1) is 14.0. The Morgan fingerprint density at radius 1 is 1.45 bits per heavy atom. The van der Waals surface area contributed by atoms with Gasteiger partial charge in [-0.2, -0.15) is 0 Å². The van der Waals surface area contributed by atoms with Crippen LogP contribution in [0.3, 0.4) is 0 Å². The van der Waals surface area contributed by atoms with Crippen molar-refractivity contribution in [2.24, 2.45) is 5.73 Å². The van der Waals surface area contributed by atoms with Gasteiger partial charge in [0.1, 0.15) is 0 Å². The highest BCUT2D eigenvalue weighted by Gasteiger charge is 2.25. The molecule has 0 spiro atoms. The van der Waals surface area contributed by atoms with Crippen molar-refractivity contribution in [1.29, 1.82) is 5.41 Å². The topological polar surface area (TPSA) is 153 Å². The lowest BCUT2D eigenvalue weighted by atomic mass is 10.1. The second-order valence-corrected chi connectivity index (χ2v) is 8.07. The van der Waals surface area contributed by atoms with E-state index in [1.54, 1.807) is 12.1 Å². The van der Waals surface area contributed by atoms with Gasteiger partial charge in [-0.25, -0.2) is 4.98 Å². The fourth-order valence-electron chi connectivity index (χ4n) is 3.33. The molecular weight excluding hydrogens is 392 g/mol. The molecule has 1 aromatic heterocycles. The smallest absolute Gasteiger partial charge is 0.237 e. The number of thiazole rings is 1. The maximum absolute atomic E-state index is 12.9. The third-order valence-corrected chi connectivity index (χ3v) is 5.87. The molecule has 156 valence electrons. The Morgan fingerprint density at radius 2 is 2.28 bits per heavy atom. The molecule has 2 aromatic rings. The molecule has 9 nitrogen and oxygen atoms in total. The number of aromatic nitrogens is 1. The lowest BCUT2D eigenvalue weighted by Gasteiger charge is -2.17. The number of fused-ring (bicyclic) bond motifs is 1. The van der Waals surface area contributed by atoms with Gasteiger partial charge >= 0.3 is 0 Å². The number of Topliss-reactive ketones (excluding diaryl/α,β-unsaturated/α-hetero) is 1. The van der Waals surface area contributed by atoms with E-state index in [9.17, 15) is 14.7 Å². The number of rotatable bonds is 9. The van der Waals surface area contributed by atoms with Crippen LogP contribution < -0.4 is 21.7 Å². The number of ketones is 1. The number of nitrogens with two attached hydrogens (primary N) is 1. The molecule has 29 heavy (non-hydrogen) atoms. The van der Waals surface area contributed by atoms with E-state index < -0.39 is 6.04 Å². The van der Waals surface area contributed by atoms with Gasteiger partial charge < -0.3 is 26.8 Å². The minimum atomic E-state index is -0.688. The Morgan fingerprint density at radius 3 is 2.97 bits per heavy atom. The van der Waals surface area contributed by atoms with Gasteiger partial charge in [-0.15, -0.1) is 11.3 Å². The molecule has 0 aliphatic carbocycles. The van der Waals surface area contributed by atoms with Crippen molar-refractivity contribution in [3.8, 4) is 0 Å². The lowest BCUT2D eigenvalue weighted by molar-refractivity contribution is -0.122. The second kappa shape index (κ2) is 9.77. The maximum Gasteiger partial charge on any atom is 0.237 e. The largest absolute Gasteiger partial charge is 0.392 e. The zero-order valence-electron chi connectivity index (χ0n) is 16.0. The number of carbonyl (C=O) groups excluding carboxylic acids is 2. The first-order valence-electron chi connectivity index (χ1n) is 9.64. The summed E-state index contributed by atoms with van der Waals surface area (Å²) < 4.78 is 0.817. The third-order valence-electron chi connectivity index (χ3n) is 4.84. The minimum Gasteiger partial charge on any atom is -0.392 e. The Kier molecular flexibility index (Phi) is 7.13. The van der Waals surface area contributed by atoms with Crippen LogP contribution in [0.15, 0.2) is 18.2 Å². The van der Waals surface area contributed by atoms with Crippen LogP contribution in [-0.4, -0.2) is 52.9 Å². The number of nitrogens with zero attached hydrogens (tertiary/aromatic N) is 1. The summed E-state index contributed by atoms with van der Waals surface area (Å²) in [5, 5.41) is 25.8. The van der Waals surface area contributed by atoms with Crippen LogP contribution in [0.2, 0.25) is 0 Å². The number of nitrogens with one attached hydrogen (secondary N) is 4. The van der Waals surface area contributed by atoms with Crippen molar-refractivity contribution in [3.63, 3.8) is 0 Å². The Labute approximate surface area is 172 Å². The molecule has 2 heterocycles. The van der Waals surface area contributed by atoms with Crippen molar-refractivity contribution in [2.75, 3.05) is 13.1 Å². The highest BCUT2D eigenvalue weighted by atomic mass is 32.1. The highest BCUT2D eigenvalue weighted by molar-refractivity contribution is 7.20. The normalized spacial score (nSPS) is 17.2. The monoisotopic (exact) mass is 418 g/mol. The zero-order chi connectivity index (χ0) is 20.8. The molecule has 1 aliphatic heterocycles. The maximum atomic E-state index is 12.9. The molecule has 0 saturated carbocycles. The van der Waals surface area contributed by atoms with Gasteiger partial charge in [0.15, 0.2) is 11.0 Å². The fourth-order valence-corrected chi connectivity index (χ4v) is 4.35. The molecule has 1 fully saturated rings. The average Bonchev–Trinajstić information content (AvgIpc) is 3.38. The Hall–Kier alpha value is -2.56. The molecule has 10 heteroatoms. The number of amides is 1. The summed E-state index contributed by atoms with van der Waals surface area (Å²) in [6.45, 7) is 1.23. The standard InChI is InChI=1S/C19H26N6O3S/c20-19(21)25-13(3-1-8-23-17(28)14-4-2-7-22-14)16(27)18-24-12-6-5-11(10-26)9-15(12)29-18/h5-6,9,13-14,22,26H,1-4,7-8,10H2,(H,23,28)(H4,20,21,25)/t13?,14-/m0/s1. The van der Waals surface area contributed by atoms with Crippen molar-refractivity contribution < 1.29 is 14.7 Å². The third kappa shape index (κ3) is 5.49. The van der Waals surface area contributed by atoms with E-state index in [1.165, 1.54) is 11.3 Å². The molecule has 2 atom stereocenters. The SMILES string of the molecule is N=C(N)NC(CCCNC(=O)[C@@H]1CCCN1)C(=O)c1nc2ccc(CO)cc2s1.